The smallest absolute Gasteiger partial charge is 0.328 e. The van der Waals surface area contributed by atoms with E-state index in [9.17, 15) is 14.4 Å². The number of fused-ring (bicyclic) bond motifs is 1. The Morgan fingerprint density at radius 1 is 0.972 bits per heavy atom. The van der Waals surface area contributed by atoms with Gasteiger partial charge in [0.25, 0.3) is 5.91 Å². The Morgan fingerprint density at radius 3 is 2.44 bits per heavy atom. The van der Waals surface area contributed by atoms with E-state index in [1.807, 2.05) is 6.92 Å². The molecule has 0 aliphatic heterocycles. The van der Waals surface area contributed by atoms with E-state index in [2.05, 4.69) is 32.0 Å². The van der Waals surface area contributed by atoms with E-state index in [-0.39, 0.29) is 5.69 Å². The summed E-state index contributed by atoms with van der Waals surface area (Å²) in [4.78, 5) is 38.7. The summed E-state index contributed by atoms with van der Waals surface area (Å²) in [5.41, 5.74) is 4.80. The van der Waals surface area contributed by atoms with Gasteiger partial charge in [-0.15, -0.1) is 0 Å². The summed E-state index contributed by atoms with van der Waals surface area (Å²) in [6.07, 6.45) is 0. The van der Waals surface area contributed by atoms with Crippen LogP contribution in [0.25, 0.3) is 10.9 Å². The van der Waals surface area contributed by atoms with Gasteiger partial charge in [0.05, 0.1) is 12.1 Å². The summed E-state index contributed by atoms with van der Waals surface area (Å²) >= 11 is 9.52. The predicted molar refractivity (Wildman–Crippen MR) is 144 cm³/mol. The van der Waals surface area contributed by atoms with E-state index in [4.69, 9.17) is 16.3 Å². The highest BCUT2D eigenvalue weighted by Crippen LogP contribution is 2.25. The topological polar surface area (TPSA) is 101 Å². The lowest BCUT2D eigenvalue weighted by Gasteiger charge is -2.14. The summed E-state index contributed by atoms with van der Waals surface area (Å²) in [6.45, 7) is 4.15. The Hall–Kier alpha value is -3.82. The molecule has 0 spiro atoms. The fourth-order valence-corrected chi connectivity index (χ4v) is 4.10. The summed E-state index contributed by atoms with van der Waals surface area (Å²) < 4.78 is 7.52. The zero-order chi connectivity index (χ0) is 25.8. The Morgan fingerprint density at radius 2 is 1.72 bits per heavy atom. The Kier molecular flexibility index (Phi) is 7.61. The lowest BCUT2D eigenvalue weighted by Crippen LogP contribution is -2.36. The molecular formula is C26H22BrClN4O4. The number of amides is 3. The van der Waals surface area contributed by atoms with Crippen molar-refractivity contribution in [1.29, 1.82) is 0 Å². The van der Waals surface area contributed by atoms with Crippen LogP contribution in [0.15, 0.2) is 71.2 Å². The van der Waals surface area contributed by atoms with Gasteiger partial charge in [-0.05, 0) is 80.1 Å². The third kappa shape index (κ3) is 5.53. The molecule has 4 aromatic rings. The predicted octanol–water partition coefficient (Wildman–Crippen LogP) is 5.73. The van der Waals surface area contributed by atoms with Crippen molar-refractivity contribution in [1.82, 2.24) is 4.68 Å². The van der Waals surface area contributed by atoms with Gasteiger partial charge in [0.2, 0.25) is 0 Å². The van der Waals surface area contributed by atoms with Crippen molar-refractivity contribution in [2.45, 2.75) is 13.8 Å². The summed E-state index contributed by atoms with van der Waals surface area (Å²) in [5, 5.41) is 6.51. The van der Waals surface area contributed by atoms with Crippen LogP contribution in [0.3, 0.4) is 0 Å². The van der Waals surface area contributed by atoms with Gasteiger partial charge in [-0.3, -0.25) is 19.8 Å². The fourth-order valence-electron chi connectivity index (χ4n) is 3.54. The number of carbonyl (C=O) groups is 3. The van der Waals surface area contributed by atoms with E-state index in [0.717, 1.165) is 4.47 Å². The second-order valence-corrected chi connectivity index (χ2v) is 9.11. The first-order valence-electron chi connectivity index (χ1n) is 11.0. The Bertz CT molecular complexity index is 1470. The molecule has 3 aromatic carbocycles. The van der Waals surface area contributed by atoms with Crippen molar-refractivity contribution in [3.8, 4) is 5.75 Å². The summed E-state index contributed by atoms with van der Waals surface area (Å²) in [6, 6.07) is 18.9. The molecule has 0 bridgehead atoms. The van der Waals surface area contributed by atoms with Crippen LogP contribution in [0.2, 0.25) is 5.02 Å². The Balaban J connectivity index is 1.60. The van der Waals surface area contributed by atoms with Crippen LogP contribution in [-0.2, 0) is 9.59 Å². The molecule has 36 heavy (non-hydrogen) atoms. The van der Waals surface area contributed by atoms with Crippen LogP contribution >= 0.6 is 27.5 Å². The molecule has 0 fully saturated rings. The highest BCUT2D eigenvalue weighted by atomic mass is 79.9. The lowest BCUT2D eigenvalue weighted by atomic mass is 10.2. The normalized spacial score (nSPS) is 10.7. The molecule has 10 heteroatoms. The standard InChI is InChI=1S/C26H22BrClN4O4/c1-3-36-19-10-8-18(9-11-19)29-24(33)23-14-16-13-17(27)7-12-22(16)32(23)31-26(35)25(34)30-21-6-4-5-20(28)15(21)2/h4-14H,3H2,1-2H3,(H,29,33)(H,30,34)(H,31,35). The van der Waals surface area contributed by atoms with Gasteiger partial charge in [0, 0.05) is 26.3 Å². The van der Waals surface area contributed by atoms with E-state index in [1.54, 1.807) is 73.7 Å². The molecule has 8 nitrogen and oxygen atoms in total. The summed E-state index contributed by atoms with van der Waals surface area (Å²) in [7, 11) is 0. The van der Waals surface area contributed by atoms with Gasteiger partial charge in [-0.25, -0.2) is 4.68 Å². The van der Waals surface area contributed by atoms with Gasteiger partial charge >= 0.3 is 11.8 Å². The molecule has 0 saturated heterocycles. The maximum Gasteiger partial charge on any atom is 0.328 e. The van der Waals surface area contributed by atoms with Gasteiger partial charge in [-0.2, -0.15) is 0 Å². The lowest BCUT2D eigenvalue weighted by molar-refractivity contribution is -0.133. The number of nitrogens with one attached hydrogen (secondary N) is 3. The van der Waals surface area contributed by atoms with Crippen molar-refractivity contribution >= 4 is 67.5 Å². The number of rotatable bonds is 6. The Labute approximate surface area is 220 Å². The second-order valence-electron chi connectivity index (χ2n) is 7.79. The van der Waals surface area contributed by atoms with E-state index in [1.165, 1.54) is 4.68 Å². The first kappa shape index (κ1) is 25.3. The summed E-state index contributed by atoms with van der Waals surface area (Å²) in [5.74, 6) is -1.65. The quantitative estimate of drug-likeness (QED) is 0.258. The molecule has 4 rings (SSSR count). The van der Waals surface area contributed by atoms with Crippen LogP contribution in [0, 0.1) is 6.92 Å². The van der Waals surface area contributed by atoms with Crippen LogP contribution in [-0.4, -0.2) is 29.0 Å². The van der Waals surface area contributed by atoms with Crippen LogP contribution < -0.4 is 20.8 Å². The molecule has 0 aliphatic carbocycles. The van der Waals surface area contributed by atoms with E-state index < -0.39 is 17.7 Å². The van der Waals surface area contributed by atoms with Gasteiger partial charge < -0.3 is 15.4 Å². The molecule has 3 amide bonds. The molecule has 1 heterocycles. The molecule has 3 N–H and O–H groups in total. The first-order valence-corrected chi connectivity index (χ1v) is 12.2. The first-order chi connectivity index (χ1) is 17.3. The number of halogens is 2. The monoisotopic (exact) mass is 568 g/mol. The number of aromatic nitrogens is 1. The van der Waals surface area contributed by atoms with Crippen LogP contribution in [0.5, 0.6) is 5.75 Å². The molecular weight excluding hydrogens is 548 g/mol. The zero-order valence-corrected chi connectivity index (χ0v) is 21.7. The van der Waals surface area contributed by atoms with E-state index >= 15 is 0 Å². The number of hydrogen-bond donors (Lipinski definition) is 3. The molecule has 0 aliphatic rings. The van der Waals surface area contributed by atoms with Crippen molar-refractivity contribution in [2.24, 2.45) is 0 Å². The minimum Gasteiger partial charge on any atom is -0.494 e. The number of ether oxygens (including phenoxy) is 1. The number of nitrogens with zero attached hydrogens (tertiary/aromatic N) is 1. The maximum absolute atomic E-state index is 13.2. The highest BCUT2D eigenvalue weighted by molar-refractivity contribution is 9.10. The average molecular weight is 570 g/mol. The second kappa shape index (κ2) is 10.8. The van der Waals surface area contributed by atoms with Crippen molar-refractivity contribution in [2.75, 3.05) is 22.7 Å². The van der Waals surface area contributed by atoms with Gasteiger partial charge in [-0.1, -0.05) is 33.6 Å². The zero-order valence-electron chi connectivity index (χ0n) is 19.4. The average Bonchev–Trinajstić information content (AvgIpc) is 3.20. The molecule has 1 aromatic heterocycles. The molecule has 0 unspecified atom stereocenters. The van der Waals surface area contributed by atoms with Gasteiger partial charge in [0.1, 0.15) is 11.4 Å². The minimum absolute atomic E-state index is 0.136. The van der Waals surface area contributed by atoms with E-state index in [0.29, 0.717) is 45.2 Å². The number of hydrogen-bond acceptors (Lipinski definition) is 4. The molecule has 0 atom stereocenters. The number of anilines is 2. The highest BCUT2D eigenvalue weighted by Gasteiger charge is 2.22. The maximum atomic E-state index is 13.2. The molecule has 0 saturated carbocycles. The SMILES string of the molecule is CCOc1ccc(NC(=O)c2cc3cc(Br)ccc3n2NC(=O)C(=O)Nc2cccc(Cl)c2C)cc1. The van der Waals surface area contributed by atoms with Gasteiger partial charge in [0.15, 0.2) is 0 Å². The largest absolute Gasteiger partial charge is 0.494 e. The molecule has 184 valence electrons. The molecule has 0 radical (unpaired) electrons. The van der Waals surface area contributed by atoms with Crippen LogP contribution in [0.4, 0.5) is 11.4 Å². The third-order valence-electron chi connectivity index (χ3n) is 5.35. The van der Waals surface area contributed by atoms with Crippen molar-refractivity contribution in [3.05, 3.63) is 87.5 Å². The minimum atomic E-state index is -0.954. The number of benzene rings is 3. The van der Waals surface area contributed by atoms with Crippen LogP contribution in [0.1, 0.15) is 23.0 Å². The third-order valence-corrected chi connectivity index (χ3v) is 6.26. The van der Waals surface area contributed by atoms with Crippen molar-refractivity contribution in [3.63, 3.8) is 0 Å². The fraction of sp³-hybridized carbons (Fsp3) is 0.115. The number of carbonyl (C=O) groups excluding carboxylic acids is 3. The van der Waals surface area contributed by atoms with Crippen molar-refractivity contribution < 1.29 is 19.1 Å².